The van der Waals surface area contributed by atoms with Crippen molar-refractivity contribution in [2.45, 2.75) is 13.8 Å². The Morgan fingerprint density at radius 1 is 0.774 bits per heavy atom. The Morgan fingerprint density at radius 3 is 2.42 bits per heavy atom. The Balaban J connectivity index is 1.74. The van der Waals surface area contributed by atoms with Crippen molar-refractivity contribution in [2.75, 3.05) is 0 Å². The number of para-hydroxylation sites is 1. The fourth-order valence-electron chi connectivity index (χ4n) is 5.25. The molecule has 0 saturated heterocycles. The van der Waals surface area contributed by atoms with E-state index in [2.05, 4.69) is 80.1 Å². The molecule has 31 heavy (non-hydrogen) atoms. The van der Waals surface area contributed by atoms with Gasteiger partial charge in [-0.2, -0.15) is 4.57 Å². The van der Waals surface area contributed by atoms with Gasteiger partial charge in [-0.3, -0.25) is 0 Å². The van der Waals surface area contributed by atoms with Gasteiger partial charge in [-0.15, -0.1) is 0 Å². The average Bonchev–Trinajstić information content (AvgIpc) is 3.15. The molecule has 0 spiro atoms. The second-order valence-corrected chi connectivity index (χ2v) is 8.54. The molecule has 0 unspecified atom stereocenters. The molecule has 0 aliphatic carbocycles. The predicted molar refractivity (Wildman–Crippen MR) is 125 cm³/mol. The Labute approximate surface area is 179 Å². The summed E-state index contributed by atoms with van der Waals surface area (Å²) in [5.41, 5.74) is 6.51. The Hall–Kier alpha value is -3.85. The van der Waals surface area contributed by atoms with Gasteiger partial charge in [-0.25, -0.2) is 0 Å². The van der Waals surface area contributed by atoms with Crippen LogP contribution in [0.1, 0.15) is 11.3 Å². The first-order chi connectivity index (χ1) is 15.1. The first-order valence-electron chi connectivity index (χ1n) is 10.6. The number of hydrogen-bond donors (Lipinski definition) is 0. The lowest BCUT2D eigenvalue weighted by atomic mass is 9.91. The van der Waals surface area contributed by atoms with Gasteiger partial charge in [-0.05, 0) is 46.8 Å². The summed E-state index contributed by atoms with van der Waals surface area (Å²) in [7, 11) is 2.14. The predicted octanol–water partition coefficient (Wildman–Crippen LogP) is 7.11. The summed E-state index contributed by atoms with van der Waals surface area (Å²) >= 11 is 0. The molecule has 0 radical (unpaired) electrons. The van der Waals surface area contributed by atoms with E-state index in [4.69, 9.17) is 9.15 Å². The van der Waals surface area contributed by atoms with Crippen LogP contribution in [0.2, 0.25) is 0 Å². The van der Waals surface area contributed by atoms with Crippen molar-refractivity contribution in [1.82, 2.24) is 0 Å². The van der Waals surface area contributed by atoms with Gasteiger partial charge in [0.05, 0.1) is 5.56 Å². The van der Waals surface area contributed by atoms with Crippen LogP contribution in [0.25, 0.3) is 54.7 Å². The largest absolute Gasteiger partial charge is 0.452 e. The van der Waals surface area contributed by atoms with Crippen LogP contribution in [0.4, 0.5) is 0 Å². The van der Waals surface area contributed by atoms with Gasteiger partial charge in [0.2, 0.25) is 5.69 Å². The highest BCUT2D eigenvalue weighted by Gasteiger charge is 2.33. The third-order valence-corrected chi connectivity index (χ3v) is 6.84. The van der Waals surface area contributed by atoms with Crippen molar-refractivity contribution < 1.29 is 13.7 Å². The monoisotopic (exact) mass is 402 g/mol. The number of benzene rings is 4. The van der Waals surface area contributed by atoms with E-state index in [9.17, 15) is 0 Å². The quantitative estimate of drug-likeness (QED) is 0.253. The van der Waals surface area contributed by atoms with Crippen molar-refractivity contribution in [3.8, 4) is 22.8 Å². The topological polar surface area (TPSA) is 26.2 Å². The van der Waals surface area contributed by atoms with E-state index in [1.807, 2.05) is 12.1 Å². The Bertz CT molecular complexity index is 1740. The molecule has 0 N–H and O–H groups in total. The first kappa shape index (κ1) is 16.9. The van der Waals surface area contributed by atoms with Gasteiger partial charge in [0, 0.05) is 23.8 Å². The van der Waals surface area contributed by atoms with Crippen LogP contribution in [-0.4, -0.2) is 0 Å². The van der Waals surface area contributed by atoms with Crippen molar-refractivity contribution in [2.24, 2.45) is 7.05 Å². The Kier molecular flexibility index (Phi) is 3.07. The van der Waals surface area contributed by atoms with E-state index in [0.717, 1.165) is 44.4 Å². The number of nitrogens with zero attached hydrogens (tertiary/aromatic N) is 1. The summed E-state index contributed by atoms with van der Waals surface area (Å²) in [6.07, 6.45) is 0. The highest BCUT2D eigenvalue weighted by molar-refractivity contribution is 6.17. The maximum absolute atomic E-state index is 6.67. The fourth-order valence-corrected chi connectivity index (χ4v) is 5.25. The lowest BCUT2D eigenvalue weighted by Crippen LogP contribution is -2.35. The molecule has 1 aliphatic heterocycles. The van der Waals surface area contributed by atoms with E-state index < -0.39 is 0 Å². The molecule has 4 aromatic carbocycles. The Morgan fingerprint density at radius 2 is 1.55 bits per heavy atom. The lowest BCUT2D eigenvalue weighted by molar-refractivity contribution is -0.665. The van der Waals surface area contributed by atoms with Crippen LogP contribution in [0.3, 0.4) is 0 Å². The minimum atomic E-state index is 0.815. The lowest BCUT2D eigenvalue weighted by Gasteiger charge is -2.22. The number of fused-ring (bicyclic) bond motifs is 7. The molecule has 2 aromatic heterocycles. The van der Waals surface area contributed by atoms with E-state index in [1.54, 1.807) is 0 Å². The molecule has 3 heteroatoms. The molecule has 148 valence electrons. The van der Waals surface area contributed by atoms with Crippen LogP contribution in [0.5, 0.6) is 11.5 Å². The van der Waals surface area contributed by atoms with Crippen LogP contribution in [-0.2, 0) is 7.05 Å². The molecular weight excluding hydrogens is 382 g/mol. The smallest absolute Gasteiger partial charge is 0.228 e. The molecule has 0 fully saturated rings. The number of aromatic nitrogens is 1. The molecule has 3 nitrogen and oxygen atoms in total. The van der Waals surface area contributed by atoms with Crippen LogP contribution in [0, 0.1) is 13.8 Å². The third-order valence-electron chi connectivity index (χ3n) is 6.84. The van der Waals surface area contributed by atoms with Crippen molar-refractivity contribution in [3.05, 3.63) is 78.0 Å². The molecule has 1 aliphatic rings. The number of furan rings is 1. The van der Waals surface area contributed by atoms with Gasteiger partial charge >= 0.3 is 0 Å². The molecule has 0 amide bonds. The standard InChI is InChI=1S/C28H20NO2/c1-15-12-18-13-21-20-10-6-7-11-22(20)30-27(21)28-25(18)26(29(15)3)24-16(2)19-9-5-4-8-17(19)14-23(24)31-28/h4-14H,1-3H3/q+1. The number of pyridine rings is 1. The molecule has 0 saturated carbocycles. The van der Waals surface area contributed by atoms with Gasteiger partial charge in [-0.1, -0.05) is 42.5 Å². The summed E-state index contributed by atoms with van der Waals surface area (Å²) in [5.74, 6) is 1.70. The van der Waals surface area contributed by atoms with Crippen molar-refractivity contribution >= 4 is 43.5 Å². The van der Waals surface area contributed by atoms with Crippen LogP contribution >= 0.6 is 0 Å². The van der Waals surface area contributed by atoms with Gasteiger partial charge < -0.3 is 9.15 Å². The van der Waals surface area contributed by atoms with Crippen molar-refractivity contribution in [3.63, 3.8) is 0 Å². The second-order valence-electron chi connectivity index (χ2n) is 8.54. The van der Waals surface area contributed by atoms with E-state index in [-0.39, 0.29) is 0 Å². The SMILES string of the molecule is Cc1c2c(cc3ccccc13)Oc1c3oc4ccccc4c3cc3cc(C)[n+](C)c-2c13. The number of aryl methyl sites for hydroxylation is 2. The second kappa shape index (κ2) is 5.64. The van der Waals surface area contributed by atoms with E-state index in [0.29, 0.717) is 0 Å². The zero-order chi connectivity index (χ0) is 20.9. The summed E-state index contributed by atoms with van der Waals surface area (Å²) < 4.78 is 15.3. The molecule has 6 aromatic rings. The maximum Gasteiger partial charge on any atom is 0.228 e. The zero-order valence-corrected chi connectivity index (χ0v) is 17.6. The van der Waals surface area contributed by atoms with Crippen LogP contribution in [0.15, 0.2) is 71.1 Å². The highest BCUT2D eigenvalue weighted by atomic mass is 16.5. The summed E-state index contributed by atoms with van der Waals surface area (Å²) in [6, 6.07) is 23.4. The highest BCUT2D eigenvalue weighted by Crippen LogP contribution is 2.52. The number of rotatable bonds is 0. The van der Waals surface area contributed by atoms with Gasteiger partial charge in [0.25, 0.3) is 0 Å². The number of hydrogen-bond acceptors (Lipinski definition) is 2. The molecular formula is C28H20NO2+. The first-order valence-corrected chi connectivity index (χ1v) is 10.6. The van der Waals surface area contributed by atoms with E-state index in [1.165, 1.54) is 33.1 Å². The normalized spacial score (nSPS) is 12.6. The molecule has 0 bridgehead atoms. The minimum absolute atomic E-state index is 0.815. The summed E-state index contributed by atoms with van der Waals surface area (Å²) in [4.78, 5) is 0. The molecule has 3 heterocycles. The average molecular weight is 402 g/mol. The maximum atomic E-state index is 6.67. The molecule has 7 rings (SSSR count). The number of ether oxygens (including phenoxy) is 1. The van der Waals surface area contributed by atoms with Crippen LogP contribution < -0.4 is 9.30 Å². The van der Waals surface area contributed by atoms with Gasteiger partial charge in [0.15, 0.2) is 17.0 Å². The summed E-state index contributed by atoms with van der Waals surface area (Å²) in [6.45, 7) is 4.36. The third kappa shape index (κ3) is 2.05. The summed E-state index contributed by atoms with van der Waals surface area (Å²) in [5, 5.41) is 6.95. The zero-order valence-electron chi connectivity index (χ0n) is 17.6. The fraction of sp³-hybridized carbons (Fsp3) is 0.107. The molecule has 0 atom stereocenters. The van der Waals surface area contributed by atoms with E-state index >= 15 is 0 Å². The van der Waals surface area contributed by atoms with Gasteiger partial charge in [0.1, 0.15) is 23.8 Å². The van der Waals surface area contributed by atoms with Crippen molar-refractivity contribution in [1.29, 1.82) is 0 Å². The minimum Gasteiger partial charge on any atom is -0.452 e.